The summed E-state index contributed by atoms with van der Waals surface area (Å²) >= 11 is 0. The summed E-state index contributed by atoms with van der Waals surface area (Å²) in [4.78, 5) is 20.8. The van der Waals surface area contributed by atoms with Gasteiger partial charge in [-0.25, -0.2) is 0 Å². The number of aliphatic hydroxyl groups is 1. The van der Waals surface area contributed by atoms with E-state index in [9.17, 15) is 9.59 Å². The highest BCUT2D eigenvalue weighted by molar-refractivity contribution is 5.66. The summed E-state index contributed by atoms with van der Waals surface area (Å²) in [6, 6.07) is 0. The number of unbranched alkanes of at least 4 members (excludes halogenated alkanes) is 36. The maximum absolute atomic E-state index is 10.4. The third kappa shape index (κ3) is 63.9. The topological polar surface area (TPSA) is 121 Å². The monoisotopic (exact) mass is 742 g/mol. The van der Waals surface area contributed by atoms with Crippen LogP contribution in [0.1, 0.15) is 271 Å². The minimum atomic E-state index is -0.651. The maximum atomic E-state index is 10.4. The van der Waals surface area contributed by atoms with Gasteiger partial charge in [-0.3, -0.25) is 9.59 Å². The van der Waals surface area contributed by atoms with Gasteiger partial charge in [0.25, 0.3) is 0 Å². The van der Waals surface area contributed by atoms with Crippen molar-refractivity contribution in [3.05, 3.63) is 0 Å². The zero-order valence-corrected chi connectivity index (χ0v) is 35.4. The molecule has 314 valence electrons. The summed E-state index contributed by atoms with van der Waals surface area (Å²) in [5.74, 6) is -1.30. The van der Waals surface area contributed by atoms with Crippen molar-refractivity contribution in [3.63, 3.8) is 0 Å². The maximum Gasteiger partial charge on any atom is 0.303 e. The standard InChI is InChI=1S/2C22H44O2.C2H7NO/c2*1-2-3-4-5-6-7-8-9-10-11-12-13-14-15-16-17-18-19-20-21-22(23)24;3-1-2-4/h2*2-21H2,1H3,(H,23,24);4H,1-3H2. The fourth-order valence-corrected chi connectivity index (χ4v) is 6.71. The lowest BCUT2D eigenvalue weighted by atomic mass is 10.0. The van der Waals surface area contributed by atoms with E-state index in [0.717, 1.165) is 25.7 Å². The lowest BCUT2D eigenvalue weighted by molar-refractivity contribution is -0.138. The molecule has 6 heteroatoms. The summed E-state index contributed by atoms with van der Waals surface area (Å²) in [6.07, 6.45) is 52.2. The van der Waals surface area contributed by atoms with Crippen molar-refractivity contribution < 1.29 is 24.9 Å². The van der Waals surface area contributed by atoms with Gasteiger partial charge in [0, 0.05) is 19.4 Å². The second-order valence-corrected chi connectivity index (χ2v) is 15.5. The fraction of sp³-hybridized carbons (Fsp3) is 0.957. The molecule has 0 fully saturated rings. The lowest BCUT2D eigenvalue weighted by Gasteiger charge is -2.03. The SMILES string of the molecule is CCCCCCCCCCCCCCCCCCCCCC(=O)O.CCCCCCCCCCCCCCCCCCCCCC(=O)O.NCCO. The van der Waals surface area contributed by atoms with Crippen LogP contribution in [0.5, 0.6) is 0 Å². The first-order valence-corrected chi connectivity index (χ1v) is 23.2. The van der Waals surface area contributed by atoms with Crippen molar-refractivity contribution in [1.82, 2.24) is 0 Å². The van der Waals surface area contributed by atoms with Crippen molar-refractivity contribution in [2.24, 2.45) is 5.73 Å². The number of aliphatic hydroxyl groups excluding tert-OH is 1. The van der Waals surface area contributed by atoms with Crippen molar-refractivity contribution in [2.75, 3.05) is 13.2 Å². The van der Waals surface area contributed by atoms with Crippen LogP contribution in [0, 0.1) is 0 Å². The van der Waals surface area contributed by atoms with E-state index >= 15 is 0 Å². The number of hydrogen-bond donors (Lipinski definition) is 4. The van der Waals surface area contributed by atoms with Gasteiger partial charge in [0.05, 0.1) is 6.61 Å². The molecule has 0 bridgehead atoms. The molecule has 6 nitrogen and oxygen atoms in total. The number of carboxylic acid groups (broad SMARTS) is 2. The number of aliphatic carboxylic acids is 2. The van der Waals surface area contributed by atoms with Gasteiger partial charge in [-0.1, -0.05) is 245 Å². The van der Waals surface area contributed by atoms with Gasteiger partial charge in [-0.2, -0.15) is 0 Å². The Hall–Kier alpha value is -1.14. The van der Waals surface area contributed by atoms with E-state index in [0.29, 0.717) is 19.4 Å². The van der Waals surface area contributed by atoms with Gasteiger partial charge in [-0.15, -0.1) is 0 Å². The highest BCUT2D eigenvalue weighted by atomic mass is 16.4. The molecule has 0 atom stereocenters. The molecular weight excluding hydrogens is 647 g/mol. The van der Waals surface area contributed by atoms with Crippen LogP contribution in [0.25, 0.3) is 0 Å². The molecule has 0 saturated carbocycles. The van der Waals surface area contributed by atoms with E-state index in [-0.39, 0.29) is 6.61 Å². The molecule has 0 amide bonds. The Kier molecular flexibility index (Phi) is 57.5. The van der Waals surface area contributed by atoms with E-state index in [1.54, 1.807) is 0 Å². The highest BCUT2D eigenvalue weighted by Gasteiger charge is 1.99. The van der Waals surface area contributed by atoms with E-state index in [2.05, 4.69) is 13.8 Å². The summed E-state index contributed by atoms with van der Waals surface area (Å²) in [5, 5.41) is 24.9. The Balaban J connectivity index is -0.000000836. The largest absolute Gasteiger partial charge is 0.481 e. The summed E-state index contributed by atoms with van der Waals surface area (Å²) in [5.41, 5.74) is 4.78. The van der Waals surface area contributed by atoms with Gasteiger partial charge in [0.15, 0.2) is 0 Å². The number of carboxylic acids is 2. The van der Waals surface area contributed by atoms with Gasteiger partial charge in [0.2, 0.25) is 0 Å². The fourth-order valence-electron chi connectivity index (χ4n) is 6.71. The molecule has 0 radical (unpaired) electrons. The van der Waals surface area contributed by atoms with Gasteiger partial charge >= 0.3 is 11.9 Å². The molecule has 0 saturated heterocycles. The predicted octanol–water partition coefficient (Wildman–Crippen LogP) is 14.7. The van der Waals surface area contributed by atoms with E-state index < -0.39 is 11.9 Å². The number of hydrogen-bond acceptors (Lipinski definition) is 4. The molecule has 52 heavy (non-hydrogen) atoms. The van der Waals surface area contributed by atoms with Crippen molar-refractivity contribution in [1.29, 1.82) is 0 Å². The molecule has 0 unspecified atom stereocenters. The minimum Gasteiger partial charge on any atom is -0.481 e. The van der Waals surface area contributed by atoms with Crippen LogP contribution in [0.4, 0.5) is 0 Å². The quantitative estimate of drug-likeness (QED) is 0.0463. The van der Waals surface area contributed by atoms with Gasteiger partial charge < -0.3 is 21.1 Å². The van der Waals surface area contributed by atoms with Crippen LogP contribution in [0.15, 0.2) is 0 Å². The Morgan fingerprint density at radius 3 is 0.577 bits per heavy atom. The molecule has 0 aromatic heterocycles. The number of nitrogens with two attached hydrogens (primary N) is 1. The molecular formula is C46H95NO5. The highest BCUT2D eigenvalue weighted by Crippen LogP contribution is 2.16. The van der Waals surface area contributed by atoms with Crippen molar-refractivity contribution in [3.8, 4) is 0 Å². The van der Waals surface area contributed by atoms with E-state index in [4.69, 9.17) is 21.1 Å². The summed E-state index contributed by atoms with van der Waals surface area (Å²) < 4.78 is 0. The van der Waals surface area contributed by atoms with Crippen LogP contribution < -0.4 is 5.73 Å². The van der Waals surface area contributed by atoms with Gasteiger partial charge in [-0.05, 0) is 12.8 Å². The normalized spacial score (nSPS) is 10.8. The first-order chi connectivity index (χ1) is 25.5. The molecule has 0 aromatic rings. The first kappa shape index (κ1) is 55.2. The summed E-state index contributed by atoms with van der Waals surface area (Å²) in [6.45, 7) is 5.04. The molecule has 0 rings (SSSR count). The Morgan fingerprint density at radius 2 is 0.462 bits per heavy atom. The van der Waals surface area contributed by atoms with Crippen LogP contribution in [0.2, 0.25) is 0 Å². The molecule has 0 spiro atoms. The zero-order chi connectivity index (χ0) is 38.9. The van der Waals surface area contributed by atoms with E-state index in [1.165, 1.54) is 218 Å². The van der Waals surface area contributed by atoms with Crippen LogP contribution in [0.3, 0.4) is 0 Å². The second kappa shape index (κ2) is 54.2. The lowest BCUT2D eigenvalue weighted by Crippen LogP contribution is -2.02. The van der Waals surface area contributed by atoms with Crippen LogP contribution in [-0.4, -0.2) is 40.4 Å². The van der Waals surface area contributed by atoms with Crippen molar-refractivity contribution >= 4 is 11.9 Å². The average Bonchev–Trinajstić information content (AvgIpc) is 3.13. The first-order valence-electron chi connectivity index (χ1n) is 23.2. The smallest absolute Gasteiger partial charge is 0.303 e. The molecule has 0 aliphatic heterocycles. The van der Waals surface area contributed by atoms with Crippen LogP contribution >= 0.6 is 0 Å². The average molecular weight is 742 g/mol. The minimum absolute atomic E-state index is 0.0972. The Labute approximate surface area is 325 Å². The van der Waals surface area contributed by atoms with Crippen LogP contribution in [-0.2, 0) is 9.59 Å². The van der Waals surface area contributed by atoms with Gasteiger partial charge in [0.1, 0.15) is 0 Å². The summed E-state index contributed by atoms with van der Waals surface area (Å²) in [7, 11) is 0. The molecule has 5 N–H and O–H groups in total. The number of rotatable bonds is 41. The second-order valence-electron chi connectivity index (χ2n) is 15.5. The number of carbonyl (C=O) groups is 2. The predicted molar refractivity (Wildman–Crippen MR) is 227 cm³/mol. The molecule has 0 aliphatic rings. The molecule has 0 heterocycles. The van der Waals surface area contributed by atoms with Crippen molar-refractivity contribution in [2.45, 2.75) is 271 Å². The Morgan fingerprint density at radius 1 is 0.327 bits per heavy atom. The van der Waals surface area contributed by atoms with E-state index in [1.807, 2.05) is 0 Å². The molecule has 0 aromatic carbocycles. The zero-order valence-electron chi connectivity index (χ0n) is 35.4. The third-order valence-electron chi connectivity index (χ3n) is 10.1. The molecule has 0 aliphatic carbocycles. The third-order valence-corrected chi connectivity index (χ3v) is 10.1. The Bertz CT molecular complexity index is 590.